The van der Waals surface area contributed by atoms with Gasteiger partial charge < -0.3 is 15.5 Å². The first-order valence-electron chi connectivity index (χ1n) is 20.3. The average Bonchev–Trinajstić information content (AvgIpc) is 3.06. The Morgan fingerprint density at radius 1 is 0.551 bits per heavy atom. The van der Waals surface area contributed by atoms with E-state index in [-0.39, 0.29) is 6.42 Å². The number of nitrogens with one attached hydrogen (secondary N) is 1. The fraction of sp³-hybridized carbons (Fsp3) is 0.829. The molecule has 0 aromatic carbocycles. The first-order chi connectivity index (χ1) is 23.7. The maximum atomic E-state index is 12.6. The van der Waals surface area contributed by atoms with Crippen molar-refractivity contribution in [2.75, 3.05) is 5.75 Å². The molecule has 0 saturated heterocycles. The van der Waals surface area contributed by atoms with Crippen LogP contribution in [0, 0.1) is 0 Å². The zero-order chi connectivity index (χ0) is 36.3. The summed E-state index contributed by atoms with van der Waals surface area (Å²) in [5, 5.41) is 23.3. The summed E-state index contributed by atoms with van der Waals surface area (Å²) in [4.78, 5) is 12.6. The standard InChI is InChI=1S/C41H77NO6S/c1-3-5-7-9-11-13-15-17-19-20-22-24-26-28-30-32-34-36-40(44)41(45)42-38(37-49(46,47)48)39(43)35-33-31-29-27-25-23-21-18-16-14-12-10-8-6-4-2/h16,18,25,27,33,35,38-40,43-44H,3-15,17,19-24,26,28-32,34,36-37H2,1-2H3,(H,42,45)(H,46,47,48)/b18-16+,27-25+,35-33+. The third kappa shape index (κ3) is 34.7. The lowest BCUT2D eigenvalue weighted by Crippen LogP contribution is -2.50. The third-order valence-corrected chi connectivity index (χ3v) is 9.94. The SMILES string of the molecule is CCCCCCC/C=C/CC/C=C/CC/C=C/C(O)C(CS(=O)(=O)O)NC(=O)C(O)CCCCCCCCCCCCCCCCCCC. The molecule has 7 nitrogen and oxygen atoms in total. The number of aliphatic hydroxyl groups excluding tert-OH is 2. The minimum Gasteiger partial charge on any atom is -0.387 e. The Hall–Kier alpha value is -1.48. The molecule has 0 saturated carbocycles. The van der Waals surface area contributed by atoms with Gasteiger partial charge in [0, 0.05) is 0 Å². The topological polar surface area (TPSA) is 124 Å². The van der Waals surface area contributed by atoms with Crippen LogP contribution in [0.3, 0.4) is 0 Å². The van der Waals surface area contributed by atoms with E-state index in [2.05, 4.69) is 43.5 Å². The quantitative estimate of drug-likeness (QED) is 0.0291. The number of carbonyl (C=O) groups excluding carboxylic acids is 1. The summed E-state index contributed by atoms with van der Waals surface area (Å²) >= 11 is 0. The van der Waals surface area contributed by atoms with Crippen molar-refractivity contribution in [3.63, 3.8) is 0 Å². The number of allylic oxidation sites excluding steroid dienone is 5. The summed E-state index contributed by atoms with van der Waals surface area (Å²) in [5.74, 6) is -1.56. The van der Waals surface area contributed by atoms with Crippen LogP contribution < -0.4 is 5.32 Å². The summed E-state index contributed by atoms with van der Waals surface area (Å²) in [7, 11) is -4.45. The Morgan fingerprint density at radius 3 is 1.35 bits per heavy atom. The van der Waals surface area contributed by atoms with E-state index in [1.807, 2.05) is 0 Å². The number of aliphatic hydroxyl groups is 2. The Balaban J connectivity index is 4.10. The van der Waals surface area contributed by atoms with Crippen molar-refractivity contribution in [1.82, 2.24) is 5.32 Å². The van der Waals surface area contributed by atoms with E-state index in [1.165, 1.54) is 122 Å². The van der Waals surface area contributed by atoms with E-state index >= 15 is 0 Å². The van der Waals surface area contributed by atoms with Crippen LogP contribution in [0.4, 0.5) is 0 Å². The summed E-state index contributed by atoms with van der Waals surface area (Å²) in [5.41, 5.74) is 0. The lowest BCUT2D eigenvalue weighted by molar-refractivity contribution is -0.130. The Bertz CT molecular complexity index is 932. The van der Waals surface area contributed by atoms with Crippen LogP contribution in [0.5, 0.6) is 0 Å². The predicted octanol–water partition coefficient (Wildman–Crippen LogP) is 10.7. The van der Waals surface area contributed by atoms with E-state index in [0.29, 0.717) is 12.8 Å². The lowest BCUT2D eigenvalue weighted by atomic mass is 10.0. The molecule has 0 bridgehead atoms. The van der Waals surface area contributed by atoms with Crippen LogP contribution in [0.2, 0.25) is 0 Å². The molecule has 4 N–H and O–H groups in total. The van der Waals surface area contributed by atoms with E-state index in [0.717, 1.165) is 44.9 Å². The van der Waals surface area contributed by atoms with Gasteiger partial charge in [-0.2, -0.15) is 8.42 Å². The first-order valence-corrected chi connectivity index (χ1v) is 21.9. The zero-order valence-corrected chi connectivity index (χ0v) is 32.5. The summed E-state index contributed by atoms with van der Waals surface area (Å²) in [6, 6.07) is -1.25. The number of hydrogen-bond donors (Lipinski definition) is 4. The largest absolute Gasteiger partial charge is 0.387 e. The first kappa shape index (κ1) is 47.5. The normalized spacial score (nSPS) is 14.3. The summed E-state index contributed by atoms with van der Waals surface area (Å²) < 4.78 is 32.5. The smallest absolute Gasteiger partial charge is 0.267 e. The highest BCUT2D eigenvalue weighted by molar-refractivity contribution is 7.85. The Kier molecular flexibility index (Phi) is 33.9. The maximum absolute atomic E-state index is 12.6. The van der Waals surface area contributed by atoms with Crippen molar-refractivity contribution in [1.29, 1.82) is 0 Å². The average molecular weight is 712 g/mol. The fourth-order valence-corrected chi connectivity index (χ4v) is 6.75. The number of unbranched alkanes of at least 4 members (excludes halogenated alkanes) is 23. The van der Waals surface area contributed by atoms with Gasteiger partial charge in [-0.25, -0.2) is 0 Å². The molecule has 0 aliphatic heterocycles. The second kappa shape index (κ2) is 34.9. The molecule has 0 aromatic rings. The molecule has 0 aliphatic rings. The molecule has 0 radical (unpaired) electrons. The maximum Gasteiger partial charge on any atom is 0.267 e. The molecule has 3 unspecified atom stereocenters. The minimum atomic E-state index is -4.45. The van der Waals surface area contributed by atoms with Crippen LogP contribution in [-0.2, 0) is 14.9 Å². The van der Waals surface area contributed by atoms with Crippen molar-refractivity contribution in [2.45, 2.75) is 212 Å². The number of carbonyl (C=O) groups is 1. The molecule has 0 aromatic heterocycles. The highest BCUT2D eigenvalue weighted by atomic mass is 32.2. The number of amides is 1. The van der Waals surface area contributed by atoms with E-state index in [1.54, 1.807) is 6.08 Å². The van der Waals surface area contributed by atoms with Crippen LogP contribution >= 0.6 is 0 Å². The van der Waals surface area contributed by atoms with Gasteiger partial charge in [0.05, 0.1) is 17.9 Å². The molecular formula is C41H77NO6S. The lowest BCUT2D eigenvalue weighted by Gasteiger charge is -2.22. The van der Waals surface area contributed by atoms with Gasteiger partial charge in [0.1, 0.15) is 6.10 Å². The van der Waals surface area contributed by atoms with Crippen molar-refractivity contribution < 1.29 is 28.0 Å². The third-order valence-electron chi connectivity index (χ3n) is 9.15. The van der Waals surface area contributed by atoms with Gasteiger partial charge >= 0.3 is 0 Å². The van der Waals surface area contributed by atoms with Gasteiger partial charge in [-0.3, -0.25) is 9.35 Å². The van der Waals surface area contributed by atoms with Crippen molar-refractivity contribution in [3.05, 3.63) is 36.5 Å². The van der Waals surface area contributed by atoms with Crippen molar-refractivity contribution in [3.8, 4) is 0 Å². The molecule has 288 valence electrons. The monoisotopic (exact) mass is 712 g/mol. The Labute approximate surface area is 302 Å². The molecule has 0 spiro atoms. The molecule has 1 amide bonds. The van der Waals surface area contributed by atoms with Crippen LogP contribution in [0.25, 0.3) is 0 Å². The highest BCUT2D eigenvalue weighted by Crippen LogP contribution is 2.15. The molecule has 0 heterocycles. The van der Waals surface area contributed by atoms with Crippen LogP contribution in [0.1, 0.15) is 194 Å². The van der Waals surface area contributed by atoms with E-state index in [9.17, 15) is 28.0 Å². The number of rotatable bonds is 36. The van der Waals surface area contributed by atoms with Gasteiger partial charge in [-0.1, -0.05) is 185 Å². The molecular weight excluding hydrogens is 635 g/mol. The van der Waals surface area contributed by atoms with Crippen molar-refractivity contribution in [2.24, 2.45) is 0 Å². The molecule has 0 rings (SSSR count). The van der Waals surface area contributed by atoms with Crippen LogP contribution in [0.15, 0.2) is 36.5 Å². The molecule has 3 atom stereocenters. The van der Waals surface area contributed by atoms with Gasteiger partial charge in [-0.05, 0) is 44.9 Å². The summed E-state index contributed by atoms with van der Waals surface area (Å²) in [6.07, 6.45) is 42.0. The van der Waals surface area contributed by atoms with Gasteiger partial charge in [-0.15, -0.1) is 0 Å². The van der Waals surface area contributed by atoms with Crippen LogP contribution in [-0.4, -0.2) is 53.1 Å². The highest BCUT2D eigenvalue weighted by Gasteiger charge is 2.27. The van der Waals surface area contributed by atoms with E-state index in [4.69, 9.17) is 0 Å². The van der Waals surface area contributed by atoms with E-state index < -0.39 is 40.0 Å². The van der Waals surface area contributed by atoms with Gasteiger partial charge in [0.15, 0.2) is 0 Å². The number of hydrogen-bond acceptors (Lipinski definition) is 5. The molecule has 0 fully saturated rings. The minimum absolute atomic E-state index is 0.274. The van der Waals surface area contributed by atoms with Gasteiger partial charge in [0.2, 0.25) is 5.91 Å². The Morgan fingerprint density at radius 2 is 0.918 bits per heavy atom. The zero-order valence-electron chi connectivity index (χ0n) is 31.7. The second-order valence-electron chi connectivity index (χ2n) is 14.0. The van der Waals surface area contributed by atoms with Crippen molar-refractivity contribution >= 4 is 16.0 Å². The molecule has 8 heteroatoms. The second-order valence-corrected chi connectivity index (χ2v) is 15.5. The predicted molar refractivity (Wildman–Crippen MR) is 208 cm³/mol. The van der Waals surface area contributed by atoms with Gasteiger partial charge in [0.25, 0.3) is 10.1 Å². The molecule has 0 aliphatic carbocycles. The summed E-state index contributed by atoms with van der Waals surface area (Å²) in [6.45, 7) is 4.49. The molecule has 49 heavy (non-hydrogen) atoms. The fourth-order valence-electron chi connectivity index (χ4n) is 6.02.